The van der Waals surface area contributed by atoms with Crippen molar-refractivity contribution >= 4 is 39.9 Å². The molecule has 0 unspecified atom stereocenters. The molecule has 2 heterocycles. The predicted octanol–water partition coefficient (Wildman–Crippen LogP) is 4.03. The normalized spacial score (nSPS) is 15.3. The van der Waals surface area contributed by atoms with Gasteiger partial charge >= 0.3 is 0 Å². The molecule has 1 aliphatic heterocycles. The number of fused-ring (bicyclic) bond motifs is 1. The Morgan fingerprint density at radius 2 is 1.96 bits per heavy atom. The van der Waals surface area contributed by atoms with Crippen LogP contribution in [0.5, 0.6) is 11.5 Å². The molecule has 3 aromatic rings. The highest BCUT2D eigenvalue weighted by Gasteiger charge is 2.25. The SMILES string of the molecule is COc1ccc(Cn2ccc3c(C=C4SC(=O)NC4=O)cccc32)c(OC)c1. The highest BCUT2D eigenvalue weighted by atomic mass is 32.2. The van der Waals surface area contributed by atoms with E-state index in [1.54, 1.807) is 20.3 Å². The van der Waals surface area contributed by atoms with Gasteiger partial charge in [0.1, 0.15) is 11.5 Å². The molecule has 1 aliphatic rings. The number of benzene rings is 2. The second kappa shape index (κ2) is 7.44. The van der Waals surface area contributed by atoms with Gasteiger partial charge < -0.3 is 14.0 Å². The van der Waals surface area contributed by atoms with E-state index in [0.29, 0.717) is 11.4 Å². The number of imide groups is 1. The van der Waals surface area contributed by atoms with Crippen molar-refractivity contribution in [3.8, 4) is 11.5 Å². The van der Waals surface area contributed by atoms with Crippen molar-refractivity contribution in [1.82, 2.24) is 9.88 Å². The summed E-state index contributed by atoms with van der Waals surface area (Å²) in [5, 5.41) is 2.95. The summed E-state index contributed by atoms with van der Waals surface area (Å²) in [6, 6.07) is 13.7. The van der Waals surface area contributed by atoms with Crippen LogP contribution in [0.2, 0.25) is 0 Å². The molecular weight excluding hydrogens is 376 g/mol. The van der Waals surface area contributed by atoms with E-state index in [1.165, 1.54) is 0 Å². The molecule has 7 heteroatoms. The van der Waals surface area contributed by atoms with Gasteiger partial charge in [-0.1, -0.05) is 12.1 Å². The number of carbonyl (C=O) groups excluding carboxylic acids is 2. The Balaban J connectivity index is 1.70. The van der Waals surface area contributed by atoms with Crippen LogP contribution in [0.1, 0.15) is 11.1 Å². The fourth-order valence-electron chi connectivity index (χ4n) is 3.24. The molecule has 0 spiro atoms. The second-order valence-electron chi connectivity index (χ2n) is 6.25. The minimum Gasteiger partial charge on any atom is -0.497 e. The van der Waals surface area contributed by atoms with Crippen LogP contribution >= 0.6 is 11.8 Å². The number of hydrogen-bond donors (Lipinski definition) is 1. The fraction of sp³-hybridized carbons (Fsp3) is 0.143. The molecule has 0 atom stereocenters. The molecule has 1 saturated heterocycles. The van der Waals surface area contributed by atoms with Crippen LogP contribution in [-0.2, 0) is 11.3 Å². The summed E-state index contributed by atoms with van der Waals surface area (Å²) in [4.78, 5) is 23.6. The Morgan fingerprint density at radius 3 is 2.68 bits per heavy atom. The molecule has 28 heavy (non-hydrogen) atoms. The highest BCUT2D eigenvalue weighted by molar-refractivity contribution is 8.18. The standard InChI is InChI=1S/C21H18N2O4S/c1-26-15-7-6-14(18(11-15)27-2)12-23-9-8-16-13(4-3-5-17(16)23)10-19-20(24)22-21(25)28-19/h3-11H,12H2,1-2H3,(H,22,24,25). The van der Waals surface area contributed by atoms with Gasteiger partial charge in [-0.2, -0.15) is 0 Å². The number of thioether (sulfide) groups is 1. The predicted molar refractivity (Wildman–Crippen MR) is 110 cm³/mol. The topological polar surface area (TPSA) is 69.6 Å². The van der Waals surface area contributed by atoms with Gasteiger partial charge in [0.15, 0.2) is 0 Å². The lowest BCUT2D eigenvalue weighted by Gasteiger charge is -2.12. The first-order chi connectivity index (χ1) is 13.6. The van der Waals surface area contributed by atoms with E-state index in [2.05, 4.69) is 9.88 Å². The van der Waals surface area contributed by atoms with Crippen LogP contribution in [0, 0.1) is 0 Å². The lowest BCUT2D eigenvalue weighted by Crippen LogP contribution is -2.17. The monoisotopic (exact) mass is 394 g/mol. The van der Waals surface area contributed by atoms with Crippen LogP contribution < -0.4 is 14.8 Å². The van der Waals surface area contributed by atoms with E-state index in [1.807, 2.05) is 48.7 Å². The van der Waals surface area contributed by atoms with Crippen molar-refractivity contribution < 1.29 is 19.1 Å². The van der Waals surface area contributed by atoms with Gasteiger partial charge in [0.2, 0.25) is 0 Å². The molecule has 2 amide bonds. The fourth-order valence-corrected chi connectivity index (χ4v) is 3.91. The van der Waals surface area contributed by atoms with E-state index in [0.717, 1.165) is 45.3 Å². The highest BCUT2D eigenvalue weighted by Crippen LogP contribution is 2.30. The number of carbonyl (C=O) groups is 2. The molecule has 1 aromatic heterocycles. The smallest absolute Gasteiger partial charge is 0.290 e. The van der Waals surface area contributed by atoms with Crippen molar-refractivity contribution in [2.75, 3.05) is 14.2 Å². The van der Waals surface area contributed by atoms with Crippen molar-refractivity contribution in [1.29, 1.82) is 0 Å². The van der Waals surface area contributed by atoms with Crippen molar-refractivity contribution in [3.05, 3.63) is 64.7 Å². The second-order valence-corrected chi connectivity index (χ2v) is 7.27. The first kappa shape index (κ1) is 18.2. The first-order valence-corrected chi connectivity index (χ1v) is 9.44. The third-order valence-corrected chi connectivity index (χ3v) is 5.42. The molecule has 0 aliphatic carbocycles. The third kappa shape index (κ3) is 3.36. The Bertz CT molecular complexity index is 1120. The minimum absolute atomic E-state index is 0.340. The number of methoxy groups -OCH3 is 2. The van der Waals surface area contributed by atoms with E-state index in [-0.39, 0.29) is 11.1 Å². The Labute approximate surface area is 166 Å². The summed E-state index contributed by atoms with van der Waals surface area (Å²) in [5.74, 6) is 1.15. The van der Waals surface area contributed by atoms with Crippen molar-refractivity contribution in [3.63, 3.8) is 0 Å². The van der Waals surface area contributed by atoms with Gasteiger partial charge in [0, 0.05) is 28.7 Å². The zero-order valence-electron chi connectivity index (χ0n) is 15.4. The number of ether oxygens (including phenoxy) is 2. The van der Waals surface area contributed by atoms with E-state index >= 15 is 0 Å². The molecule has 0 radical (unpaired) electrons. The summed E-state index contributed by atoms with van der Waals surface area (Å²) in [6.45, 7) is 0.629. The average molecular weight is 394 g/mol. The summed E-state index contributed by atoms with van der Waals surface area (Å²) >= 11 is 0.921. The number of nitrogens with one attached hydrogen (secondary N) is 1. The Hall–Kier alpha value is -3.19. The van der Waals surface area contributed by atoms with Gasteiger partial charge in [-0.15, -0.1) is 0 Å². The summed E-state index contributed by atoms with van der Waals surface area (Å²) in [6.07, 6.45) is 3.76. The van der Waals surface area contributed by atoms with Gasteiger partial charge in [-0.05, 0) is 47.7 Å². The number of nitrogens with zero attached hydrogens (tertiary/aromatic N) is 1. The summed E-state index contributed by atoms with van der Waals surface area (Å²) in [5.41, 5.74) is 2.95. The maximum absolute atomic E-state index is 11.8. The van der Waals surface area contributed by atoms with Crippen LogP contribution in [-0.4, -0.2) is 29.9 Å². The zero-order chi connectivity index (χ0) is 19.7. The largest absolute Gasteiger partial charge is 0.497 e. The third-order valence-electron chi connectivity index (χ3n) is 4.61. The molecule has 6 nitrogen and oxygen atoms in total. The quantitative estimate of drug-likeness (QED) is 0.662. The minimum atomic E-state index is -0.352. The number of amides is 2. The molecule has 4 rings (SSSR count). The average Bonchev–Trinajstić information content (AvgIpc) is 3.25. The summed E-state index contributed by atoms with van der Waals surface area (Å²) < 4.78 is 12.9. The Morgan fingerprint density at radius 1 is 1.11 bits per heavy atom. The van der Waals surface area contributed by atoms with Crippen LogP contribution in [0.25, 0.3) is 17.0 Å². The van der Waals surface area contributed by atoms with E-state index < -0.39 is 0 Å². The molecule has 0 saturated carbocycles. The van der Waals surface area contributed by atoms with E-state index in [9.17, 15) is 9.59 Å². The number of rotatable bonds is 5. The summed E-state index contributed by atoms with van der Waals surface area (Å²) in [7, 11) is 3.27. The molecule has 142 valence electrons. The molecule has 1 N–H and O–H groups in total. The number of aromatic nitrogens is 1. The maximum atomic E-state index is 11.8. The molecular formula is C21H18N2O4S. The van der Waals surface area contributed by atoms with Gasteiger partial charge in [-0.3, -0.25) is 14.9 Å². The Kier molecular flexibility index (Phi) is 4.83. The molecule has 2 aromatic carbocycles. The maximum Gasteiger partial charge on any atom is 0.290 e. The van der Waals surface area contributed by atoms with Gasteiger partial charge in [-0.25, -0.2) is 0 Å². The lowest BCUT2D eigenvalue weighted by molar-refractivity contribution is -0.115. The van der Waals surface area contributed by atoms with E-state index in [4.69, 9.17) is 9.47 Å². The van der Waals surface area contributed by atoms with Gasteiger partial charge in [0.25, 0.3) is 11.1 Å². The van der Waals surface area contributed by atoms with Crippen molar-refractivity contribution in [2.24, 2.45) is 0 Å². The lowest BCUT2D eigenvalue weighted by atomic mass is 10.1. The molecule has 0 bridgehead atoms. The van der Waals surface area contributed by atoms with Crippen LogP contribution in [0.15, 0.2) is 53.6 Å². The molecule has 1 fully saturated rings. The van der Waals surface area contributed by atoms with Crippen LogP contribution in [0.3, 0.4) is 0 Å². The van der Waals surface area contributed by atoms with Crippen molar-refractivity contribution in [2.45, 2.75) is 6.54 Å². The van der Waals surface area contributed by atoms with Gasteiger partial charge in [0.05, 0.1) is 25.7 Å². The van der Waals surface area contributed by atoms with Crippen LogP contribution in [0.4, 0.5) is 4.79 Å². The zero-order valence-corrected chi connectivity index (χ0v) is 16.2. The number of hydrogen-bond acceptors (Lipinski definition) is 5. The first-order valence-electron chi connectivity index (χ1n) is 8.62.